The van der Waals surface area contributed by atoms with E-state index in [9.17, 15) is 13.8 Å². The minimum atomic E-state index is -1.52. The Bertz CT molecular complexity index is 749. The van der Waals surface area contributed by atoms with Crippen LogP contribution in [0.2, 0.25) is 0 Å². The smallest absolute Gasteiger partial charge is 0.330 e. The fourth-order valence-electron chi connectivity index (χ4n) is 2.87. The minimum Gasteiger partial charge on any atom is -0.466 e. The summed E-state index contributed by atoms with van der Waals surface area (Å²) in [6, 6.07) is 7.39. The van der Waals surface area contributed by atoms with E-state index >= 15 is 0 Å². The molecule has 5 nitrogen and oxygen atoms in total. The van der Waals surface area contributed by atoms with Gasteiger partial charge < -0.3 is 9.47 Å². The Hall–Kier alpha value is -2.21. The maximum atomic E-state index is 13.3. The lowest BCUT2D eigenvalue weighted by atomic mass is 10.1. The number of aryl methyl sites for hydroxylation is 1. The Morgan fingerprint density at radius 1 is 1.07 bits per heavy atom. The Labute approximate surface area is 183 Å². The van der Waals surface area contributed by atoms with Crippen LogP contribution in [0.25, 0.3) is 0 Å². The molecule has 0 saturated heterocycles. The zero-order chi connectivity index (χ0) is 22.4. The van der Waals surface area contributed by atoms with Gasteiger partial charge in [0.15, 0.2) is 6.10 Å². The average molecular weight is 435 g/mol. The van der Waals surface area contributed by atoms with Crippen molar-refractivity contribution in [1.29, 1.82) is 0 Å². The lowest BCUT2D eigenvalue weighted by Crippen LogP contribution is -2.20. The summed E-state index contributed by atoms with van der Waals surface area (Å²) in [5.74, 6) is -1.08. The van der Waals surface area contributed by atoms with E-state index < -0.39 is 28.8 Å². The minimum absolute atomic E-state index is 0.461. The fraction of sp³-hybridized carbons (Fsp3) is 0.500. The molecule has 0 aliphatic rings. The third kappa shape index (κ3) is 10.0. The number of esters is 2. The molecule has 30 heavy (non-hydrogen) atoms. The topological polar surface area (TPSA) is 69.7 Å². The van der Waals surface area contributed by atoms with Crippen LogP contribution >= 0.6 is 0 Å². The van der Waals surface area contributed by atoms with Crippen LogP contribution in [-0.2, 0) is 29.9 Å². The molecule has 0 N–H and O–H groups in total. The van der Waals surface area contributed by atoms with Gasteiger partial charge >= 0.3 is 11.9 Å². The molecule has 6 heteroatoms. The molecule has 1 rings (SSSR count). The molecule has 0 aliphatic carbocycles. The van der Waals surface area contributed by atoms with Crippen molar-refractivity contribution in [2.75, 3.05) is 7.11 Å². The second-order valence-corrected chi connectivity index (χ2v) is 8.64. The molecule has 2 atom stereocenters. The molecule has 0 bridgehead atoms. The SMILES string of the molecule is CCCCCCCC/C=C(\[C@H](/C=C/C(=O)OC)OC(C)=O)S(=O)c1ccc(C)cc1. The maximum Gasteiger partial charge on any atom is 0.330 e. The molecule has 1 aromatic carbocycles. The van der Waals surface area contributed by atoms with Gasteiger partial charge in [-0.25, -0.2) is 9.00 Å². The summed E-state index contributed by atoms with van der Waals surface area (Å²) in [6.07, 6.45) is 11.2. The van der Waals surface area contributed by atoms with Gasteiger partial charge in [0.1, 0.15) is 0 Å². The highest BCUT2D eigenvalue weighted by Gasteiger charge is 2.22. The quantitative estimate of drug-likeness (QED) is 0.236. The van der Waals surface area contributed by atoms with E-state index in [2.05, 4.69) is 11.7 Å². The summed E-state index contributed by atoms with van der Waals surface area (Å²) in [5.41, 5.74) is 1.07. The van der Waals surface area contributed by atoms with Gasteiger partial charge in [0.25, 0.3) is 0 Å². The van der Waals surface area contributed by atoms with E-state index in [1.54, 1.807) is 12.1 Å². The lowest BCUT2D eigenvalue weighted by molar-refractivity contribution is -0.143. The van der Waals surface area contributed by atoms with Gasteiger partial charge in [-0.1, -0.05) is 62.8 Å². The zero-order valence-corrected chi connectivity index (χ0v) is 19.3. The molecule has 0 saturated carbocycles. The summed E-state index contributed by atoms with van der Waals surface area (Å²) < 4.78 is 23.3. The third-order valence-corrected chi connectivity index (χ3v) is 6.06. The number of methoxy groups -OCH3 is 1. The Balaban J connectivity index is 3.07. The molecule has 0 aromatic heterocycles. The first-order valence-corrected chi connectivity index (χ1v) is 11.7. The number of rotatable bonds is 13. The largest absolute Gasteiger partial charge is 0.466 e. The number of carbonyl (C=O) groups excluding carboxylic acids is 2. The number of hydrogen-bond acceptors (Lipinski definition) is 5. The highest BCUT2D eigenvalue weighted by atomic mass is 32.2. The van der Waals surface area contributed by atoms with Crippen molar-refractivity contribution in [2.24, 2.45) is 0 Å². The van der Waals surface area contributed by atoms with Crippen LogP contribution in [0.5, 0.6) is 0 Å². The normalized spacial score (nSPS) is 13.8. The molecular formula is C24H34O5S. The first-order chi connectivity index (χ1) is 14.4. The van der Waals surface area contributed by atoms with Crippen molar-refractivity contribution in [1.82, 2.24) is 0 Å². The van der Waals surface area contributed by atoms with Gasteiger partial charge in [-0.05, 0) is 38.0 Å². The van der Waals surface area contributed by atoms with E-state index in [1.165, 1.54) is 51.9 Å². The van der Waals surface area contributed by atoms with Crippen molar-refractivity contribution in [3.63, 3.8) is 0 Å². The van der Waals surface area contributed by atoms with E-state index in [0.717, 1.165) is 24.8 Å². The summed E-state index contributed by atoms with van der Waals surface area (Å²) in [5, 5.41) is 0. The predicted molar refractivity (Wildman–Crippen MR) is 120 cm³/mol. The van der Waals surface area contributed by atoms with Gasteiger partial charge in [-0.3, -0.25) is 4.79 Å². The fourth-order valence-corrected chi connectivity index (χ4v) is 4.13. The third-order valence-electron chi connectivity index (χ3n) is 4.53. The molecule has 0 radical (unpaired) electrons. The predicted octanol–water partition coefficient (Wildman–Crippen LogP) is 5.40. The first-order valence-electron chi connectivity index (χ1n) is 10.5. The van der Waals surface area contributed by atoms with Crippen molar-refractivity contribution < 1.29 is 23.3 Å². The molecule has 1 unspecified atom stereocenters. The van der Waals surface area contributed by atoms with Gasteiger partial charge in [-0.15, -0.1) is 0 Å². The van der Waals surface area contributed by atoms with Gasteiger partial charge in [0.2, 0.25) is 0 Å². The first kappa shape index (κ1) is 25.8. The van der Waals surface area contributed by atoms with Crippen LogP contribution in [0.4, 0.5) is 0 Å². The summed E-state index contributed by atoms with van der Waals surface area (Å²) in [7, 11) is -0.251. The Kier molecular flexibility index (Phi) is 12.7. The summed E-state index contributed by atoms with van der Waals surface area (Å²) >= 11 is 0. The van der Waals surface area contributed by atoms with Crippen LogP contribution in [0.3, 0.4) is 0 Å². The molecule has 166 valence electrons. The van der Waals surface area contributed by atoms with Crippen LogP contribution in [0.1, 0.15) is 64.4 Å². The zero-order valence-electron chi connectivity index (χ0n) is 18.5. The van der Waals surface area contributed by atoms with Crippen molar-refractivity contribution in [2.45, 2.75) is 76.7 Å². The number of allylic oxidation sites excluding steroid dienone is 1. The lowest BCUT2D eigenvalue weighted by Gasteiger charge is -2.17. The summed E-state index contributed by atoms with van der Waals surface area (Å²) in [6.45, 7) is 5.44. The van der Waals surface area contributed by atoms with Crippen molar-refractivity contribution in [3.05, 3.63) is 53.0 Å². The molecule has 0 spiro atoms. The number of carbonyl (C=O) groups is 2. The van der Waals surface area contributed by atoms with E-state index in [1.807, 2.05) is 25.1 Å². The van der Waals surface area contributed by atoms with Crippen molar-refractivity contribution in [3.8, 4) is 0 Å². The van der Waals surface area contributed by atoms with Crippen LogP contribution < -0.4 is 0 Å². The van der Waals surface area contributed by atoms with E-state index in [-0.39, 0.29) is 0 Å². The van der Waals surface area contributed by atoms with Crippen LogP contribution in [0.15, 0.2) is 52.3 Å². The van der Waals surface area contributed by atoms with Crippen molar-refractivity contribution >= 4 is 22.7 Å². The standard InChI is InChI=1S/C24H34O5S/c1-5-6-7-8-9-10-11-12-23(30(27)21-15-13-19(2)14-16-21)22(29-20(3)25)17-18-24(26)28-4/h12-18,22H,5-11H2,1-4H3/b18-17+,23-12+/t22-,30?/m0/s1. The van der Waals surface area contributed by atoms with Gasteiger partial charge in [0.05, 0.1) is 22.8 Å². The number of benzene rings is 1. The molecule has 0 amide bonds. The molecule has 1 aromatic rings. The average Bonchev–Trinajstić information content (AvgIpc) is 2.73. The maximum absolute atomic E-state index is 13.3. The number of ether oxygens (including phenoxy) is 2. The van der Waals surface area contributed by atoms with Gasteiger partial charge in [0, 0.05) is 17.9 Å². The molecular weight excluding hydrogens is 400 g/mol. The molecule has 0 heterocycles. The molecule has 0 aliphatic heterocycles. The highest BCUT2D eigenvalue weighted by molar-refractivity contribution is 7.89. The Morgan fingerprint density at radius 2 is 1.70 bits per heavy atom. The van der Waals surface area contributed by atoms with E-state index in [0.29, 0.717) is 9.80 Å². The van der Waals surface area contributed by atoms with Crippen LogP contribution in [-0.4, -0.2) is 29.4 Å². The second-order valence-electron chi connectivity index (χ2n) is 7.16. The second kappa shape index (κ2) is 14.7. The number of unbranched alkanes of at least 4 members (excludes halogenated alkanes) is 6. The highest BCUT2D eigenvalue weighted by Crippen LogP contribution is 2.23. The molecule has 0 fully saturated rings. The number of hydrogen-bond donors (Lipinski definition) is 0. The van der Waals surface area contributed by atoms with Crippen LogP contribution in [0, 0.1) is 6.92 Å². The summed E-state index contributed by atoms with van der Waals surface area (Å²) in [4.78, 5) is 24.3. The van der Waals surface area contributed by atoms with Gasteiger partial charge in [-0.2, -0.15) is 0 Å². The Morgan fingerprint density at radius 3 is 2.30 bits per heavy atom. The monoisotopic (exact) mass is 434 g/mol. The van der Waals surface area contributed by atoms with E-state index in [4.69, 9.17) is 4.74 Å².